The Kier molecular flexibility index (Phi) is 5.20. The van der Waals surface area contributed by atoms with Gasteiger partial charge < -0.3 is 5.11 Å². The van der Waals surface area contributed by atoms with E-state index in [0.29, 0.717) is 0 Å². The molecule has 2 aliphatic rings. The molecule has 1 heterocycles. The van der Waals surface area contributed by atoms with E-state index in [-0.39, 0.29) is 6.04 Å². The van der Waals surface area contributed by atoms with Crippen LogP contribution < -0.4 is 0 Å². The van der Waals surface area contributed by atoms with Gasteiger partial charge in [0.25, 0.3) is 0 Å². The molecule has 1 saturated heterocycles. The molecule has 1 N–H and O–H groups in total. The first-order valence-corrected chi connectivity index (χ1v) is 7.75. The molecule has 0 aromatic rings. The molecule has 0 aromatic carbocycles. The topological polar surface area (TPSA) is 50.5 Å². The lowest BCUT2D eigenvalue weighted by Crippen LogP contribution is -2.53. The summed E-state index contributed by atoms with van der Waals surface area (Å²) in [6.45, 7) is 6.87. The Bertz CT molecular complexity index is 312. The van der Waals surface area contributed by atoms with Crippen LogP contribution in [-0.2, 0) is 0 Å². The molecule has 2 rings (SSSR count). The maximum atomic E-state index is 10.4. The number of aliphatic hydroxyl groups is 1. The lowest BCUT2D eigenvalue weighted by Gasteiger charge is -2.39. The van der Waals surface area contributed by atoms with Crippen molar-refractivity contribution in [2.24, 2.45) is 0 Å². The van der Waals surface area contributed by atoms with Gasteiger partial charge in [-0.25, -0.2) is 0 Å². The van der Waals surface area contributed by atoms with Crippen molar-refractivity contribution in [1.82, 2.24) is 9.80 Å². The zero-order chi connectivity index (χ0) is 13.7. The van der Waals surface area contributed by atoms with Crippen LogP contribution >= 0.6 is 0 Å². The summed E-state index contributed by atoms with van der Waals surface area (Å²) in [5.74, 6) is 0. The van der Waals surface area contributed by atoms with Gasteiger partial charge in [-0.1, -0.05) is 26.2 Å². The standard InChI is InChI=1S/C15H27N3O/c1-2-5-14(12-16)18-10-8-17(9-11-18)13-15(19)6-3-4-7-15/h14,19H,2-11,13H2,1H3. The molecule has 0 amide bonds. The first-order chi connectivity index (χ1) is 9.17. The number of hydrogen-bond acceptors (Lipinski definition) is 4. The summed E-state index contributed by atoms with van der Waals surface area (Å²) >= 11 is 0. The molecule has 2 fully saturated rings. The molecule has 0 bridgehead atoms. The lowest BCUT2D eigenvalue weighted by molar-refractivity contribution is -0.00714. The minimum absolute atomic E-state index is 0.0849. The van der Waals surface area contributed by atoms with E-state index in [4.69, 9.17) is 0 Å². The van der Waals surface area contributed by atoms with Crippen molar-refractivity contribution in [2.75, 3.05) is 32.7 Å². The van der Waals surface area contributed by atoms with Crippen molar-refractivity contribution in [3.8, 4) is 6.07 Å². The Morgan fingerprint density at radius 2 is 1.84 bits per heavy atom. The van der Waals surface area contributed by atoms with Crippen LogP contribution in [0.2, 0.25) is 0 Å². The second-order valence-electron chi connectivity index (χ2n) is 6.18. The van der Waals surface area contributed by atoms with Crippen molar-refractivity contribution in [1.29, 1.82) is 5.26 Å². The molecule has 108 valence electrons. The zero-order valence-corrected chi connectivity index (χ0v) is 12.1. The van der Waals surface area contributed by atoms with Crippen molar-refractivity contribution >= 4 is 0 Å². The van der Waals surface area contributed by atoms with Crippen LogP contribution in [0.5, 0.6) is 0 Å². The number of hydrogen-bond donors (Lipinski definition) is 1. The first-order valence-electron chi connectivity index (χ1n) is 7.75. The summed E-state index contributed by atoms with van der Waals surface area (Å²) in [5.41, 5.74) is -0.430. The van der Waals surface area contributed by atoms with Gasteiger partial charge in [0.1, 0.15) is 0 Å². The third kappa shape index (κ3) is 3.92. The molecule has 1 saturated carbocycles. The van der Waals surface area contributed by atoms with E-state index in [0.717, 1.165) is 58.4 Å². The zero-order valence-electron chi connectivity index (χ0n) is 12.1. The van der Waals surface area contributed by atoms with Crippen molar-refractivity contribution < 1.29 is 5.11 Å². The molecule has 0 radical (unpaired) electrons. The molecular formula is C15H27N3O. The van der Waals surface area contributed by atoms with Gasteiger partial charge >= 0.3 is 0 Å². The highest BCUT2D eigenvalue weighted by Gasteiger charge is 2.34. The predicted octanol–water partition coefficient (Wildman–Crippen LogP) is 1.60. The van der Waals surface area contributed by atoms with Gasteiger partial charge in [-0.15, -0.1) is 0 Å². The maximum Gasteiger partial charge on any atom is 0.0978 e. The van der Waals surface area contributed by atoms with Gasteiger partial charge in [-0.2, -0.15) is 5.26 Å². The fourth-order valence-electron chi connectivity index (χ4n) is 3.44. The highest BCUT2D eigenvalue weighted by atomic mass is 16.3. The van der Waals surface area contributed by atoms with Gasteiger partial charge in [0.2, 0.25) is 0 Å². The van der Waals surface area contributed by atoms with Gasteiger partial charge in [-0.3, -0.25) is 9.80 Å². The van der Waals surface area contributed by atoms with E-state index in [2.05, 4.69) is 22.8 Å². The third-order valence-corrected chi connectivity index (χ3v) is 4.61. The van der Waals surface area contributed by atoms with Crippen LogP contribution in [0.15, 0.2) is 0 Å². The lowest BCUT2D eigenvalue weighted by atomic mass is 10.0. The highest BCUT2D eigenvalue weighted by molar-refractivity contribution is 4.94. The van der Waals surface area contributed by atoms with E-state index >= 15 is 0 Å². The number of nitriles is 1. The van der Waals surface area contributed by atoms with E-state index in [9.17, 15) is 10.4 Å². The molecule has 1 aliphatic heterocycles. The second-order valence-corrected chi connectivity index (χ2v) is 6.18. The molecule has 1 unspecified atom stereocenters. The smallest absolute Gasteiger partial charge is 0.0978 e. The normalized spacial score (nSPS) is 26.2. The van der Waals surface area contributed by atoms with Gasteiger partial charge in [0, 0.05) is 32.7 Å². The Morgan fingerprint density at radius 1 is 1.21 bits per heavy atom. The number of β-amino-alcohol motifs (C(OH)–C–C–N with tert-alkyl or cyclic N) is 1. The third-order valence-electron chi connectivity index (χ3n) is 4.61. The highest BCUT2D eigenvalue weighted by Crippen LogP contribution is 2.30. The molecule has 19 heavy (non-hydrogen) atoms. The quantitative estimate of drug-likeness (QED) is 0.820. The first kappa shape index (κ1) is 14.8. The molecule has 1 atom stereocenters. The van der Waals surface area contributed by atoms with Crippen molar-refractivity contribution in [2.45, 2.75) is 57.1 Å². The summed E-state index contributed by atoms with van der Waals surface area (Å²) in [5, 5.41) is 19.6. The van der Waals surface area contributed by atoms with E-state index in [1.165, 1.54) is 12.8 Å². The molecular weight excluding hydrogens is 238 g/mol. The minimum Gasteiger partial charge on any atom is -0.389 e. The van der Waals surface area contributed by atoms with Gasteiger partial charge in [-0.05, 0) is 19.3 Å². The van der Waals surface area contributed by atoms with E-state index in [1.54, 1.807) is 0 Å². The number of rotatable bonds is 5. The molecule has 4 nitrogen and oxygen atoms in total. The van der Waals surface area contributed by atoms with Crippen LogP contribution in [0.4, 0.5) is 0 Å². The van der Waals surface area contributed by atoms with Crippen LogP contribution in [0.1, 0.15) is 45.4 Å². The average Bonchev–Trinajstić information content (AvgIpc) is 2.84. The number of piperazine rings is 1. The van der Waals surface area contributed by atoms with Crippen LogP contribution in [0.3, 0.4) is 0 Å². The van der Waals surface area contributed by atoms with Gasteiger partial charge in [0.15, 0.2) is 0 Å². The molecule has 0 spiro atoms. The minimum atomic E-state index is -0.430. The monoisotopic (exact) mass is 265 g/mol. The number of nitrogens with zero attached hydrogens (tertiary/aromatic N) is 3. The van der Waals surface area contributed by atoms with E-state index in [1.807, 2.05) is 0 Å². The van der Waals surface area contributed by atoms with Crippen molar-refractivity contribution in [3.63, 3.8) is 0 Å². The average molecular weight is 265 g/mol. The molecule has 0 aromatic heterocycles. The molecule has 1 aliphatic carbocycles. The Labute approximate surface area is 117 Å². The predicted molar refractivity (Wildman–Crippen MR) is 75.7 cm³/mol. The largest absolute Gasteiger partial charge is 0.389 e. The fraction of sp³-hybridized carbons (Fsp3) is 0.933. The Morgan fingerprint density at radius 3 is 2.37 bits per heavy atom. The van der Waals surface area contributed by atoms with Crippen molar-refractivity contribution in [3.05, 3.63) is 0 Å². The van der Waals surface area contributed by atoms with Crippen LogP contribution in [-0.4, -0.2) is 59.3 Å². The summed E-state index contributed by atoms with van der Waals surface area (Å²) < 4.78 is 0. The summed E-state index contributed by atoms with van der Waals surface area (Å²) in [7, 11) is 0. The Hall–Kier alpha value is -0.630. The summed E-state index contributed by atoms with van der Waals surface area (Å²) in [6.07, 6.45) is 6.30. The molecule has 4 heteroatoms. The Balaban J connectivity index is 1.77. The van der Waals surface area contributed by atoms with Crippen LogP contribution in [0.25, 0.3) is 0 Å². The summed E-state index contributed by atoms with van der Waals surface area (Å²) in [4.78, 5) is 4.68. The van der Waals surface area contributed by atoms with E-state index < -0.39 is 5.60 Å². The SMILES string of the molecule is CCCC(C#N)N1CCN(CC2(O)CCCC2)CC1. The summed E-state index contributed by atoms with van der Waals surface area (Å²) in [6, 6.07) is 2.51. The van der Waals surface area contributed by atoms with Gasteiger partial charge in [0.05, 0.1) is 17.7 Å². The maximum absolute atomic E-state index is 10.4. The second kappa shape index (κ2) is 6.69. The fourth-order valence-corrected chi connectivity index (χ4v) is 3.44. The van der Waals surface area contributed by atoms with Crippen LogP contribution in [0, 0.1) is 11.3 Å².